The Morgan fingerprint density at radius 1 is 1.38 bits per heavy atom. The minimum atomic E-state index is 0.943. The van der Waals surface area contributed by atoms with Crippen LogP contribution in [0.3, 0.4) is 0 Å². The topological polar surface area (TPSA) is 40.2 Å². The second-order valence-corrected chi connectivity index (χ2v) is 4.80. The Balaban J connectivity index is 1.69. The maximum absolute atomic E-state index is 4.27. The number of hydrogen-bond donors (Lipinski definition) is 2. The molecule has 0 saturated carbocycles. The van der Waals surface area contributed by atoms with Gasteiger partial charge >= 0.3 is 0 Å². The van der Waals surface area contributed by atoms with Crippen LogP contribution < -0.4 is 10.6 Å². The second kappa shape index (κ2) is 6.18. The molecule has 0 atom stereocenters. The highest BCUT2D eigenvalue weighted by Crippen LogP contribution is 2.10. The van der Waals surface area contributed by atoms with E-state index in [0.29, 0.717) is 0 Å². The molecule has 2 N–H and O–H groups in total. The molecule has 4 nitrogen and oxygen atoms in total. The molecule has 1 aliphatic rings. The summed E-state index contributed by atoms with van der Waals surface area (Å²) in [6, 6.07) is 3.99. The summed E-state index contributed by atoms with van der Waals surface area (Å²) in [6.45, 7) is 6.55. The average molecular weight is 285 g/mol. The lowest BCUT2D eigenvalue weighted by Gasteiger charge is -2.27. The third-order valence-electron chi connectivity index (χ3n) is 2.67. The number of aromatic nitrogens is 1. The Labute approximate surface area is 105 Å². The zero-order valence-electron chi connectivity index (χ0n) is 9.25. The Bertz CT molecular complexity index is 308. The van der Waals surface area contributed by atoms with Crippen LogP contribution in [0.4, 0.5) is 5.82 Å². The van der Waals surface area contributed by atoms with Crippen molar-refractivity contribution in [1.82, 2.24) is 15.2 Å². The molecule has 0 bridgehead atoms. The van der Waals surface area contributed by atoms with Crippen molar-refractivity contribution in [3.63, 3.8) is 0 Å². The van der Waals surface area contributed by atoms with Gasteiger partial charge in [-0.05, 0) is 28.1 Å². The molecule has 16 heavy (non-hydrogen) atoms. The molecular formula is C11H17BrN4. The lowest BCUT2D eigenvalue weighted by molar-refractivity contribution is 0.249. The summed E-state index contributed by atoms with van der Waals surface area (Å²) in [5.74, 6) is 0.943. The third-order valence-corrected chi connectivity index (χ3v) is 3.14. The van der Waals surface area contributed by atoms with E-state index in [1.165, 1.54) is 0 Å². The molecule has 0 radical (unpaired) electrons. The highest BCUT2D eigenvalue weighted by Gasteiger charge is 2.08. The van der Waals surface area contributed by atoms with Crippen molar-refractivity contribution in [3.8, 4) is 0 Å². The predicted octanol–water partition coefficient (Wildman–Crippen LogP) is 1.16. The number of hydrogen-bond acceptors (Lipinski definition) is 4. The van der Waals surface area contributed by atoms with Crippen molar-refractivity contribution in [3.05, 3.63) is 22.8 Å². The van der Waals surface area contributed by atoms with Crippen LogP contribution in [0.2, 0.25) is 0 Å². The molecule has 1 fully saturated rings. The highest BCUT2D eigenvalue weighted by atomic mass is 79.9. The fraction of sp³-hybridized carbons (Fsp3) is 0.545. The molecule has 88 valence electrons. The molecule has 0 spiro atoms. The standard InChI is InChI=1S/C11H17BrN4/c12-10-1-2-11(15-9-10)14-5-8-16-6-3-13-4-7-16/h1-2,9,13H,3-8H2,(H,14,15). The number of pyridine rings is 1. The zero-order chi connectivity index (χ0) is 11.2. The molecule has 1 aliphatic heterocycles. The molecule has 0 aromatic carbocycles. The molecule has 0 aliphatic carbocycles. The fourth-order valence-corrected chi connectivity index (χ4v) is 1.99. The number of anilines is 1. The van der Waals surface area contributed by atoms with E-state index in [0.717, 1.165) is 49.6 Å². The molecule has 2 rings (SSSR count). The Kier molecular flexibility index (Phi) is 4.56. The van der Waals surface area contributed by atoms with Crippen LogP contribution >= 0.6 is 15.9 Å². The molecule has 1 aromatic rings. The van der Waals surface area contributed by atoms with Gasteiger partial charge in [0.05, 0.1) is 0 Å². The summed E-state index contributed by atoms with van der Waals surface area (Å²) in [7, 11) is 0. The smallest absolute Gasteiger partial charge is 0.126 e. The molecule has 2 heterocycles. The number of halogens is 1. The third kappa shape index (κ3) is 3.73. The van der Waals surface area contributed by atoms with E-state index in [9.17, 15) is 0 Å². The lowest BCUT2D eigenvalue weighted by atomic mass is 10.3. The summed E-state index contributed by atoms with van der Waals surface area (Å²) in [6.07, 6.45) is 1.81. The van der Waals surface area contributed by atoms with Crippen LogP contribution in [0.15, 0.2) is 22.8 Å². The predicted molar refractivity (Wildman–Crippen MR) is 69.7 cm³/mol. The first-order chi connectivity index (χ1) is 7.84. The van der Waals surface area contributed by atoms with E-state index in [-0.39, 0.29) is 0 Å². The first-order valence-electron chi connectivity index (χ1n) is 5.63. The van der Waals surface area contributed by atoms with E-state index < -0.39 is 0 Å². The van der Waals surface area contributed by atoms with Gasteiger partial charge in [0, 0.05) is 49.9 Å². The van der Waals surface area contributed by atoms with E-state index >= 15 is 0 Å². The molecular weight excluding hydrogens is 268 g/mol. The maximum Gasteiger partial charge on any atom is 0.126 e. The first-order valence-corrected chi connectivity index (χ1v) is 6.42. The Morgan fingerprint density at radius 3 is 2.88 bits per heavy atom. The summed E-state index contributed by atoms with van der Waals surface area (Å²) in [5, 5.41) is 6.67. The van der Waals surface area contributed by atoms with E-state index in [1.807, 2.05) is 18.3 Å². The van der Waals surface area contributed by atoms with Crippen LogP contribution in [-0.2, 0) is 0 Å². The van der Waals surface area contributed by atoms with Gasteiger partial charge in [-0.3, -0.25) is 4.90 Å². The molecule has 0 unspecified atom stereocenters. The summed E-state index contributed by atoms with van der Waals surface area (Å²) < 4.78 is 1.01. The van der Waals surface area contributed by atoms with Gasteiger partial charge in [-0.25, -0.2) is 4.98 Å². The van der Waals surface area contributed by atoms with E-state index in [2.05, 4.69) is 36.4 Å². The Hall–Kier alpha value is -0.650. The van der Waals surface area contributed by atoms with Crippen LogP contribution in [-0.4, -0.2) is 49.2 Å². The minimum absolute atomic E-state index is 0.943. The van der Waals surface area contributed by atoms with Crippen LogP contribution in [0.1, 0.15) is 0 Å². The number of piperazine rings is 1. The summed E-state index contributed by atoms with van der Waals surface area (Å²) >= 11 is 3.37. The van der Waals surface area contributed by atoms with Crippen molar-refractivity contribution in [1.29, 1.82) is 0 Å². The number of rotatable bonds is 4. The van der Waals surface area contributed by atoms with Crippen molar-refractivity contribution in [2.75, 3.05) is 44.6 Å². The van der Waals surface area contributed by atoms with Crippen molar-refractivity contribution in [2.24, 2.45) is 0 Å². The second-order valence-electron chi connectivity index (χ2n) is 3.88. The van der Waals surface area contributed by atoms with Gasteiger partial charge in [-0.15, -0.1) is 0 Å². The van der Waals surface area contributed by atoms with Crippen LogP contribution in [0.25, 0.3) is 0 Å². The molecule has 1 saturated heterocycles. The Morgan fingerprint density at radius 2 is 2.19 bits per heavy atom. The monoisotopic (exact) mass is 284 g/mol. The van der Waals surface area contributed by atoms with Gasteiger partial charge in [0.1, 0.15) is 5.82 Å². The molecule has 0 amide bonds. The lowest BCUT2D eigenvalue weighted by Crippen LogP contribution is -2.45. The SMILES string of the molecule is Brc1ccc(NCCN2CCNCC2)nc1. The van der Waals surface area contributed by atoms with Crippen molar-refractivity contribution >= 4 is 21.7 Å². The maximum atomic E-state index is 4.27. The zero-order valence-corrected chi connectivity index (χ0v) is 10.8. The van der Waals surface area contributed by atoms with Gasteiger partial charge < -0.3 is 10.6 Å². The van der Waals surface area contributed by atoms with Crippen LogP contribution in [0, 0.1) is 0 Å². The van der Waals surface area contributed by atoms with Gasteiger partial charge in [0.25, 0.3) is 0 Å². The van der Waals surface area contributed by atoms with Gasteiger partial charge in [0.15, 0.2) is 0 Å². The normalized spacial score (nSPS) is 17.3. The van der Waals surface area contributed by atoms with Gasteiger partial charge in [0.2, 0.25) is 0 Å². The van der Waals surface area contributed by atoms with Gasteiger partial charge in [-0.2, -0.15) is 0 Å². The highest BCUT2D eigenvalue weighted by molar-refractivity contribution is 9.10. The quantitative estimate of drug-likeness (QED) is 0.871. The van der Waals surface area contributed by atoms with Gasteiger partial charge in [-0.1, -0.05) is 0 Å². The van der Waals surface area contributed by atoms with E-state index in [1.54, 1.807) is 0 Å². The largest absolute Gasteiger partial charge is 0.369 e. The molecule has 5 heteroatoms. The fourth-order valence-electron chi connectivity index (χ4n) is 1.76. The van der Waals surface area contributed by atoms with Crippen molar-refractivity contribution < 1.29 is 0 Å². The molecule has 1 aromatic heterocycles. The summed E-state index contributed by atoms with van der Waals surface area (Å²) in [4.78, 5) is 6.73. The van der Waals surface area contributed by atoms with E-state index in [4.69, 9.17) is 0 Å². The van der Waals surface area contributed by atoms with Crippen LogP contribution in [0.5, 0.6) is 0 Å². The summed E-state index contributed by atoms with van der Waals surface area (Å²) in [5.41, 5.74) is 0. The van der Waals surface area contributed by atoms with Crippen molar-refractivity contribution in [2.45, 2.75) is 0 Å². The number of nitrogens with one attached hydrogen (secondary N) is 2. The average Bonchev–Trinajstić information content (AvgIpc) is 2.33. The number of nitrogens with zero attached hydrogens (tertiary/aromatic N) is 2. The minimum Gasteiger partial charge on any atom is -0.369 e. The first kappa shape index (κ1) is 11.8.